The minimum atomic E-state index is -0.905. The number of aryl methyl sites for hydroxylation is 1. The van der Waals surface area contributed by atoms with Crippen molar-refractivity contribution in [1.29, 1.82) is 0 Å². The molecule has 0 radical (unpaired) electrons. The molecule has 1 aromatic rings. The number of nitrogens with one attached hydrogen (secondary N) is 1. The van der Waals surface area contributed by atoms with E-state index in [1.807, 2.05) is 31.2 Å². The summed E-state index contributed by atoms with van der Waals surface area (Å²) in [7, 11) is 0. The van der Waals surface area contributed by atoms with Gasteiger partial charge in [0, 0.05) is 5.92 Å². The van der Waals surface area contributed by atoms with Crippen molar-refractivity contribution < 1.29 is 14.7 Å². The zero-order valence-electron chi connectivity index (χ0n) is 12.8. The Balaban J connectivity index is 2.13. The number of amides is 1. The number of hydrogen-bond donors (Lipinski definition) is 2. The maximum Gasteiger partial charge on any atom is 0.305 e. The number of carboxylic acids is 1. The minimum Gasteiger partial charge on any atom is -0.481 e. The normalized spacial score (nSPS) is 25.2. The molecule has 1 amide bonds. The number of carbonyl (C=O) groups is 2. The Morgan fingerprint density at radius 2 is 2.10 bits per heavy atom. The molecule has 1 aliphatic rings. The van der Waals surface area contributed by atoms with E-state index in [0.29, 0.717) is 0 Å². The summed E-state index contributed by atoms with van der Waals surface area (Å²) in [5.74, 6) is -0.908. The molecule has 4 nitrogen and oxygen atoms in total. The predicted molar refractivity (Wildman–Crippen MR) is 80.8 cm³/mol. The van der Waals surface area contributed by atoms with Crippen LogP contribution in [0.4, 0.5) is 0 Å². The van der Waals surface area contributed by atoms with Crippen LogP contribution in [0.1, 0.15) is 50.3 Å². The topological polar surface area (TPSA) is 66.4 Å². The molecule has 1 aromatic carbocycles. The molecule has 0 heterocycles. The van der Waals surface area contributed by atoms with Crippen LogP contribution in [0.5, 0.6) is 0 Å². The molecule has 2 rings (SSSR count). The Morgan fingerprint density at radius 3 is 2.62 bits per heavy atom. The summed E-state index contributed by atoms with van der Waals surface area (Å²) in [5.41, 5.74) is 1.97. The second-order valence-corrected chi connectivity index (χ2v) is 6.28. The molecule has 2 N–H and O–H groups in total. The van der Waals surface area contributed by atoms with Crippen molar-refractivity contribution in [1.82, 2.24) is 5.32 Å². The first-order chi connectivity index (χ1) is 9.87. The van der Waals surface area contributed by atoms with Gasteiger partial charge in [-0.1, -0.05) is 38.1 Å². The van der Waals surface area contributed by atoms with Crippen molar-refractivity contribution in [2.24, 2.45) is 11.3 Å². The van der Waals surface area contributed by atoms with Crippen LogP contribution >= 0.6 is 0 Å². The third kappa shape index (κ3) is 3.43. The largest absolute Gasteiger partial charge is 0.481 e. The van der Waals surface area contributed by atoms with E-state index in [1.54, 1.807) is 0 Å². The lowest BCUT2D eigenvalue weighted by atomic mass is 9.97. The summed E-state index contributed by atoms with van der Waals surface area (Å²) >= 11 is 0. The van der Waals surface area contributed by atoms with E-state index < -0.39 is 12.0 Å². The van der Waals surface area contributed by atoms with Gasteiger partial charge in [-0.05, 0) is 36.3 Å². The molecule has 1 fully saturated rings. The highest BCUT2D eigenvalue weighted by Gasteiger charge is 2.53. The van der Waals surface area contributed by atoms with E-state index in [0.717, 1.165) is 24.0 Å². The molecule has 3 atom stereocenters. The molecule has 0 aliphatic heterocycles. The Labute approximate surface area is 125 Å². The third-order valence-corrected chi connectivity index (χ3v) is 4.73. The Kier molecular flexibility index (Phi) is 4.35. The molecule has 4 heteroatoms. The highest BCUT2D eigenvalue weighted by atomic mass is 16.4. The smallest absolute Gasteiger partial charge is 0.305 e. The fourth-order valence-corrected chi connectivity index (χ4v) is 2.87. The number of hydrogen-bond acceptors (Lipinski definition) is 2. The van der Waals surface area contributed by atoms with Crippen LogP contribution in [0, 0.1) is 18.3 Å². The van der Waals surface area contributed by atoms with Gasteiger partial charge in [-0.3, -0.25) is 9.59 Å². The van der Waals surface area contributed by atoms with Gasteiger partial charge in [0.15, 0.2) is 0 Å². The third-order valence-electron chi connectivity index (χ3n) is 4.73. The molecule has 1 aliphatic carbocycles. The molecule has 0 spiro atoms. The highest BCUT2D eigenvalue weighted by molar-refractivity contribution is 5.83. The summed E-state index contributed by atoms with van der Waals surface area (Å²) < 4.78 is 0. The maximum absolute atomic E-state index is 12.4. The van der Waals surface area contributed by atoms with Gasteiger partial charge in [-0.2, -0.15) is 0 Å². The summed E-state index contributed by atoms with van der Waals surface area (Å²) in [6.45, 7) is 6.13. The zero-order valence-corrected chi connectivity index (χ0v) is 12.8. The van der Waals surface area contributed by atoms with Crippen LogP contribution in [-0.2, 0) is 9.59 Å². The van der Waals surface area contributed by atoms with Crippen LogP contribution in [0.3, 0.4) is 0 Å². The summed E-state index contributed by atoms with van der Waals surface area (Å²) in [6, 6.07) is 7.14. The van der Waals surface area contributed by atoms with Gasteiger partial charge in [-0.15, -0.1) is 0 Å². The van der Waals surface area contributed by atoms with E-state index in [4.69, 9.17) is 5.11 Å². The van der Waals surface area contributed by atoms with Gasteiger partial charge in [0.05, 0.1) is 12.5 Å². The van der Waals surface area contributed by atoms with E-state index in [2.05, 4.69) is 19.2 Å². The van der Waals surface area contributed by atoms with Crippen molar-refractivity contribution in [2.45, 2.75) is 46.1 Å². The van der Waals surface area contributed by atoms with Crippen molar-refractivity contribution >= 4 is 11.9 Å². The summed E-state index contributed by atoms with van der Waals surface area (Å²) in [5, 5.41) is 12.0. The molecule has 1 saturated carbocycles. The molecule has 0 aromatic heterocycles. The van der Waals surface area contributed by atoms with E-state index in [-0.39, 0.29) is 23.7 Å². The maximum atomic E-state index is 12.4. The number of rotatable bonds is 6. The van der Waals surface area contributed by atoms with Crippen LogP contribution in [0.2, 0.25) is 0 Å². The van der Waals surface area contributed by atoms with Crippen molar-refractivity contribution in [3.8, 4) is 0 Å². The van der Waals surface area contributed by atoms with Gasteiger partial charge in [0.1, 0.15) is 0 Å². The molecule has 0 bridgehead atoms. The first-order valence-electron chi connectivity index (χ1n) is 7.45. The fourth-order valence-electron chi connectivity index (χ4n) is 2.87. The predicted octanol–water partition coefficient (Wildman–Crippen LogP) is 3.06. The highest BCUT2D eigenvalue weighted by Crippen LogP contribution is 2.54. The number of aliphatic carboxylic acids is 1. The van der Waals surface area contributed by atoms with Gasteiger partial charge < -0.3 is 10.4 Å². The van der Waals surface area contributed by atoms with Crippen LogP contribution in [-0.4, -0.2) is 17.0 Å². The molecule has 21 heavy (non-hydrogen) atoms. The number of benzene rings is 1. The van der Waals surface area contributed by atoms with Crippen LogP contribution in [0.15, 0.2) is 24.3 Å². The lowest BCUT2D eigenvalue weighted by molar-refractivity contribution is -0.137. The average molecular weight is 289 g/mol. The SMILES string of the molecule is CCC1(C)CC1C(=O)NC(CC(=O)O)c1ccccc1C. The molecular formula is C17H23NO3. The van der Waals surface area contributed by atoms with Gasteiger partial charge >= 0.3 is 5.97 Å². The fraction of sp³-hybridized carbons (Fsp3) is 0.529. The van der Waals surface area contributed by atoms with Crippen molar-refractivity contribution in [2.75, 3.05) is 0 Å². The molecule has 3 unspecified atom stereocenters. The number of carboxylic acid groups (broad SMARTS) is 1. The Bertz CT molecular complexity index is 555. The average Bonchev–Trinajstić information content (AvgIpc) is 3.11. The van der Waals surface area contributed by atoms with Crippen molar-refractivity contribution in [3.05, 3.63) is 35.4 Å². The van der Waals surface area contributed by atoms with Crippen LogP contribution < -0.4 is 5.32 Å². The van der Waals surface area contributed by atoms with E-state index in [1.165, 1.54) is 0 Å². The van der Waals surface area contributed by atoms with Gasteiger partial charge in [-0.25, -0.2) is 0 Å². The zero-order chi connectivity index (χ0) is 15.6. The van der Waals surface area contributed by atoms with E-state index in [9.17, 15) is 9.59 Å². The minimum absolute atomic E-state index is 0.0165. The quantitative estimate of drug-likeness (QED) is 0.845. The van der Waals surface area contributed by atoms with Gasteiger partial charge in [0.2, 0.25) is 5.91 Å². The first-order valence-corrected chi connectivity index (χ1v) is 7.45. The monoisotopic (exact) mass is 289 g/mol. The standard InChI is InChI=1S/C17H23NO3/c1-4-17(3)10-13(17)16(21)18-14(9-15(19)20)12-8-6-5-7-11(12)2/h5-8,13-14H,4,9-10H2,1-3H3,(H,18,21)(H,19,20). The Hall–Kier alpha value is -1.84. The summed E-state index contributed by atoms with van der Waals surface area (Å²) in [6.07, 6.45) is 1.77. The van der Waals surface area contributed by atoms with E-state index >= 15 is 0 Å². The van der Waals surface area contributed by atoms with Crippen LogP contribution in [0.25, 0.3) is 0 Å². The van der Waals surface area contributed by atoms with Gasteiger partial charge in [0.25, 0.3) is 0 Å². The summed E-state index contributed by atoms with van der Waals surface area (Å²) in [4.78, 5) is 23.4. The van der Waals surface area contributed by atoms with Crippen molar-refractivity contribution in [3.63, 3.8) is 0 Å². The first kappa shape index (κ1) is 15.5. The lowest BCUT2D eigenvalue weighted by Gasteiger charge is -2.20. The molecular weight excluding hydrogens is 266 g/mol. The second kappa shape index (κ2) is 5.88. The Morgan fingerprint density at radius 1 is 1.43 bits per heavy atom. The molecule has 114 valence electrons. The number of carbonyl (C=O) groups excluding carboxylic acids is 1. The molecule has 0 saturated heterocycles. The second-order valence-electron chi connectivity index (χ2n) is 6.28. The lowest BCUT2D eigenvalue weighted by Crippen LogP contribution is -2.32.